The lowest BCUT2D eigenvalue weighted by Crippen LogP contribution is -2.56. The number of hydrogen-bond donors (Lipinski definition) is 0. The molecule has 236 valence electrons. The van der Waals surface area contributed by atoms with E-state index in [0.29, 0.717) is 6.54 Å². The second kappa shape index (κ2) is 11.1. The molecule has 5 aromatic rings. The fourth-order valence-corrected chi connectivity index (χ4v) is 10.4. The van der Waals surface area contributed by atoms with Crippen molar-refractivity contribution in [1.29, 1.82) is 0 Å². The highest BCUT2D eigenvalue weighted by molar-refractivity contribution is 7.89. The van der Waals surface area contributed by atoms with Gasteiger partial charge in [0.1, 0.15) is 0 Å². The van der Waals surface area contributed by atoms with E-state index in [2.05, 4.69) is 29.7 Å². The molecule has 7 nitrogen and oxygen atoms in total. The van der Waals surface area contributed by atoms with Gasteiger partial charge in [-0.1, -0.05) is 95.6 Å². The van der Waals surface area contributed by atoms with Gasteiger partial charge in [-0.2, -0.15) is 8.61 Å². The summed E-state index contributed by atoms with van der Waals surface area (Å²) in [5.41, 5.74) is 6.25. The Morgan fingerprint density at radius 3 is 1.91 bits per heavy atom. The number of benzene rings is 4. The van der Waals surface area contributed by atoms with E-state index in [4.69, 9.17) is 0 Å². The monoisotopic (exact) mass is 651 g/mol. The summed E-state index contributed by atoms with van der Waals surface area (Å²) in [6, 6.07) is 29.9. The molecule has 46 heavy (non-hydrogen) atoms. The van der Waals surface area contributed by atoms with Crippen molar-refractivity contribution >= 4 is 30.9 Å². The fraction of sp³-hybridized carbons (Fsp3) is 0.243. The Morgan fingerprint density at radius 1 is 0.674 bits per heavy atom. The van der Waals surface area contributed by atoms with Gasteiger partial charge in [-0.3, -0.25) is 0 Å². The molecule has 0 bridgehead atoms. The maximum absolute atomic E-state index is 14.7. The van der Waals surface area contributed by atoms with Crippen molar-refractivity contribution in [1.82, 2.24) is 13.2 Å². The van der Waals surface area contributed by atoms with Crippen LogP contribution in [0.15, 0.2) is 119 Å². The van der Waals surface area contributed by atoms with E-state index < -0.39 is 25.6 Å². The first kappa shape index (κ1) is 30.6. The molecule has 0 N–H and O–H groups in total. The zero-order valence-corrected chi connectivity index (χ0v) is 28.1. The number of hydrogen-bond acceptors (Lipinski definition) is 4. The van der Waals surface area contributed by atoms with E-state index in [0.717, 1.165) is 50.0 Å². The molecule has 1 aromatic heterocycles. The van der Waals surface area contributed by atoms with Gasteiger partial charge in [-0.05, 0) is 63.1 Å². The molecule has 7 rings (SSSR count). The zero-order chi connectivity index (χ0) is 32.4. The lowest BCUT2D eigenvalue weighted by atomic mass is 9.85. The third-order valence-corrected chi connectivity index (χ3v) is 13.1. The van der Waals surface area contributed by atoms with Gasteiger partial charge in [0.15, 0.2) is 0 Å². The normalized spacial score (nSPS) is 19.1. The first-order valence-electron chi connectivity index (χ1n) is 15.4. The number of sulfonamides is 2. The number of fused-ring (bicyclic) bond motifs is 4. The average molecular weight is 652 g/mol. The van der Waals surface area contributed by atoms with Crippen LogP contribution >= 0.6 is 0 Å². The van der Waals surface area contributed by atoms with Crippen molar-refractivity contribution in [2.75, 3.05) is 13.1 Å². The maximum atomic E-state index is 14.7. The van der Waals surface area contributed by atoms with E-state index >= 15 is 0 Å². The molecule has 0 saturated carbocycles. The van der Waals surface area contributed by atoms with Crippen LogP contribution < -0.4 is 0 Å². The Labute approximate surface area is 271 Å². The van der Waals surface area contributed by atoms with Crippen molar-refractivity contribution in [3.05, 3.63) is 142 Å². The minimum absolute atomic E-state index is 0.0446. The molecule has 1 atom stereocenters. The fourth-order valence-electron chi connectivity index (χ4n) is 7.18. The van der Waals surface area contributed by atoms with Gasteiger partial charge >= 0.3 is 0 Å². The molecule has 0 radical (unpaired) electrons. The Morgan fingerprint density at radius 2 is 1.28 bits per heavy atom. The topological polar surface area (TPSA) is 79.7 Å². The largest absolute Gasteiger partial charge is 0.338 e. The zero-order valence-electron chi connectivity index (χ0n) is 26.4. The SMILES string of the molecule is CC1=CC2(CN(S(=O)(=O)c3ccc(C)cc3)Cc3c2c2cccc(C)c2n3Cc2ccccc2)N(S(=O)(=O)c2ccc(C)cc2)C1. The predicted molar refractivity (Wildman–Crippen MR) is 181 cm³/mol. The molecule has 9 heteroatoms. The maximum Gasteiger partial charge on any atom is 0.244 e. The van der Waals surface area contributed by atoms with Crippen LogP contribution in [-0.4, -0.2) is 43.1 Å². The number of nitrogens with zero attached hydrogens (tertiary/aromatic N) is 3. The van der Waals surface area contributed by atoms with Crippen molar-refractivity contribution < 1.29 is 16.8 Å². The predicted octanol–water partition coefficient (Wildman–Crippen LogP) is 6.67. The minimum Gasteiger partial charge on any atom is -0.338 e. The molecule has 1 unspecified atom stereocenters. The lowest BCUT2D eigenvalue weighted by Gasteiger charge is -2.44. The van der Waals surface area contributed by atoms with Gasteiger partial charge in [0.25, 0.3) is 0 Å². The Hall–Kier alpha value is -4.02. The number of rotatable bonds is 6. The van der Waals surface area contributed by atoms with E-state index in [1.807, 2.05) is 57.2 Å². The van der Waals surface area contributed by atoms with Crippen LogP contribution in [0, 0.1) is 20.8 Å². The summed E-state index contributed by atoms with van der Waals surface area (Å²) in [5, 5.41) is 0.938. The molecule has 2 aliphatic heterocycles. The lowest BCUT2D eigenvalue weighted by molar-refractivity contribution is 0.198. The Bertz CT molecular complexity index is 2220. The third-order valence-electron chi connectivity index (χ3n) is 9.34. The summed E-state index contributed by atoms with van der Waals surface area (Å²) in [6.45, 7) is 8.56. The van der Waals surface area contributed by atoms with Crippen LogP contribution in [0.2, 0.25) is 0 Å². The van der Waals surface area contributed by atoms with E-state index in [9.17, 15) is 16.8 Å². The van der Waals surface area contributed by atoms with Crippen LogP contribution in [0.1, 0.15) is 40.4 Å². The highest BCUT2D eigenvalue weighted by Gasteiger charge is 2.55. The van der Waals surface area contributed by atoms with Gasteiger partial charge < -0.3 is 4.57 Å². The van der Waals surface area contributed by atoms with E-state index in [1.165, 1.54) is 8.61 Å². The Balaban J connectivity index is 1.53. The van der Waals surface area contributed by atoms with Gasteiger partial charge in [0.2, 0.25) is 20.0 Å². The van der Waals surface area contributed by atoms with Crippen LogP contribution in [0.3, 0.4) is 0 Å². The summed E-state index contributed by atoms with van der Waals surface area (Å²) >= 11 is 0. The smallest absolute Gasteiger partial charge is 0.244 e. The summed E-state index contributed by atoms with van der Waals surface area (Å²) in [7, 11) is -8.07. The van der Waals surface area contributed by atoms with Crippen molar-refractivity contribution in [2.24, 2.45) is 0 Å². The molecule has 0 saturated heterocycles. The van der Waals surface area contributed by atoms with E-state index in [-0.39, 0.29) is 29.4 Å². The molecule has 1 spiro atoms. The minimum atomic E-state index is -4.06. The standard InChI is InChI=1S/C37H37N3O4S2/c1-26-13-17-31(18-14-26)45(41,42)38-24-34-35(33-12-8-9-29(4)36(33)39(34)23-30-10-6-5-7-11-30)37(25-38)21-28(3)22-40(37)46(43,44)32-19-15-27(2)16-20-32/h5-21H,22-25H2,1-4H3. The first-order valence-corrected chi connectivity index (χ1v) is 18.3. The van der Waals surface area contributed by atoms with Gasteiger partial charge in [-0.25, -0.2) is 16.8 Å². The van der Waals surface area contributed by atoms with Crippen molar-refractivity contribution in [2.45, 2.75) is 56.1 Å². The van der Waals surface area contributed by atoms with Crippen LogP contribution in [0.5, 0.6) is 0 Å². The van der Waals surface area contributed by atoms with Crippen LogP contribution in [0.4, 0.5) is 0 Å². The summed E-state index contributed by atoms with van der Waals surface area (Å²) in [4.78, 5) is 0.370. The van der Waals surface area contributed by atoms with Gasteiger partial charge in [-0.15, -0.1) is 0 Å². The van der Waals surface area contributed by atoms with Crippen molar-refractivity contribution in [3.8, 4) is 0 Å². The van der Waals surface area contributed by atoms with Gasteiger partial charge in [0.05, 0.1) is 27.4 Å². The summed E-state index contributed by atoms with van der Waals surface area (Å²) in [6.07, 6.45) is 1.99. The summed E-state index contributed by atoms with van der Waals surface area (Å²) < 4.78 is 63.5. The highest BCUT2D eigenvalue weighted by Crippen LogP contribution is 2.50. The third kappa shape index (κ3) is 4.84. The number of aromatic nitrogens is 1. The molecule has 3 heterocycles. The van der Waals surface area contributed by atoms with Crippen LogP contribution in [0.25, 0.3) is 10.9 Å². The second-order valence-corrected chi connectivity index (χ2v) is 16.5. The second-order valence-electron chi connectivity index (χ2n) is 12.7. The first-order chi connectivity index (χ1) is 21.9. The molecular formula is C37H37N3O4S2. The molecule has 0 aliphatic carbocycles. The number of aryl methyl sites for hydroxylation is 3. The molecule has 2 aliphatic rings. The highest BCUT2D eigenvalue weighted by atomic mass is 32.2. The molecule has 0 amide bonds. The van der Waals surface area contributed by atoms with Crippen molar-refractivity contribution in [3.63, 3.8) is 0 Å². The average Bonchev–Trinajstić information content (AvgIpc) is 3.54. The summed E-state index contributed by atoms with van der Waals surface area (Å²) in [5.74, 6) is 0. The molecule has 0 fully saturated rings. The Kier molecular flexibility index (Phi) is 7.36. The molecule has 4 aromatic carbocycles. The number of para-hydroxylation sites is 1. The van der Waals surface area contributed by atoms with Crippen LogP contribution in [-0.2, 0) is 38.7 Å². The van der Waals surface area contributed by atoms with Gasteiger partial charge in [0, 0.05) is 36.3 Å². The quantitative estimate of drug-likeness (QED) is 0.192. The molecular weight excluding hydrogens is 615 g/mol. The van der Waals surface area contributed by atoms with E-state index in [1.54, 1.807) is 48.5 Å².